The fourth-order valence-electron chi connectivity index (χ4n) is 0.786. The Hall–Kier alpha value is 0.500. The van der Waals surface area contributed by atoms with Gasteiger partial charge < -0.3 is 4.55 Å². The number of hydrogen-bond donors (Lipinski definition) is 0. The average molecular weight is 395 g/mol. The van der Waals surface area contributed by atoms with Gasteiger partial charge in [-0.3, -0.25) is 4.21 Å². The maximum absolute atomic E-state index is 11.7. The molecule has 0 aromatic rings. The molecule has 0 heterocycles. The highest BCUT2D eigenvalue weighted by Gasteiger charge is 2.25. The molecule has 0 radical (unpaired) electrons. The van der Waals surface area contributed by atoms with Crippen LogP contribution in [-0.4, -0.2) is 26.2 Å². The van der Waals surface area contributed by atoms with Crippen molar-refractivity contribution in [2.75, 3.05) is 0 Å². The molecular formula is C8H11Br2O4S2-. The fraction of sp³-hybridized carbons (Fsp3) is 0.500. The molecule has 0 N–H and O–H groups in total. The number of sulfone groups is 1. The lowest BCUT2D eigenvalue weighted by Gasteiger charge is -2.16. The van der Waals surface area contributed by atoms with Crippen LogP contribution in [0.15, 0.2) is 22.5 Å². The molecule has 0 aromatic heterocycles. The van der Waals surface area contributed by atoms with Crippen molar-refractivity contribution in [2.24, 2.45) is 0 Å². The highest BCUT2D eigenvalue weighted by atomic mass is 79.9. The zero-order valence-corrected chi connectivity index (χ0v) is 13.4. The Kier molecular flexibility index (Phi) is 6.64. The summed E-state index contributed by atoms with van der Waals surface area (Å²) in [6, 6.07) is 0. The lowest BCUT2D eigenvalue weighted by molar-refractivity contribution is 0.543. The Morgan fingerprint density at radius 1 is 1.44 bits per heavy atom. The molecule has 0 fully saturated rings. The Morgan fingerprint density at radius 2 is 1.88 bits per heavy atom. The summed E-state index contributed by atoms with van der Waals surface area (Å²) < 4.78 is 44.3. The Labute approximate surface area is 115 Å². The van der Waals surface area contributed by atoms with Gasteiger partial charge in [0, 0.05) is 9.73 Å². The molecular weight excluding hydrogens is 384 g/mol. The van der Waals surface area contributed by atoms with E-state index in [1.807, 2.05) is 0 Å². The standard InChI is InChI=1S/C8H12Br2O4S2/c1-5(9)4-8(15(11)12)6(2)16(13,14)7(3)10/h4-5,7H,2H2,1,3H3,(H,11,12)/p-1/b8-4-. The SMILES string of the molecule is C=C(/C(=C/C(C)Br)S(=O)[O-])S(=O)(=O)C(C)Br. The van der Waals surface area contributed by atoms with Crippen LogP contribution in [-0.2, 0) is 20.9 Å². The van der Waals surface area contributed by atoms with Crippen LogP contribution in [0, 0.1) is 0 Å². The highest BCUT2D eigenvalue weighted by molar-refractivity contribution is 9.11. The largest absolute Gasteiger partial charge is 0.768 e. The molecule has 3 atom stereocenters. The smallest absolute Gasteiger partial charge is 0.191 e. The second-order valence-electron chi connectivity index (χ2n) is 2.95. The molecule has 8 heteroatoms. The molecule has 0 rings (SSSR count). The van der Waals surface area contributed by atoms with Crippen LogP contribution in [0.5, 0.6) is 0 Å². The third-order valence-electron chi connectivity index (χ3n) is 1.61. The van der Waals surface area contributed by atoms with E-state index < -0.39 is 30.0 Å². The predicted octanol–water partition coefficient (Wildman–Crippen LogP) is 2.20. The van der Waals surface area contributed by atoms with E-state index >= 15 is 0 Å². The number of rotatable bonds is 5. The third kappa shape index (κ3) is 4.40. The topological polar surface area (TPSA) is 74.3 Å². The molecule has 16 heavy (non-hydrogen) atoms. The van der Waals surface area contributed by atoms with E-state index in [4.69, 9.17) is 0 Å². The van der Waals surface area contributed by atoms with Crippen molar-refractivity contribution >= 4 is 52.8 Å². The first-order valence-electron chi connectivity index (χ1n) is 4.13. The summed E-state index contributed by atoms with van der Waals surface area (Å²) in [5, 5.41) is 0. The van der Waals surface area contributed by atoms with Crippen molar-refractivity contribution in [1.29, 1.82) is 0 Å². The Balaban J connectivity index is 5.47. The number of hydrogen-bond acceptors (Lipinski definition) is 4. The van der Waals surface area contributed by atoms with Gasteiger partial charge in [0.25, 0.3) is 0 Å². The van der Waals surface area contributed by atoms with Crippen LogP contribution in [0.25, 0.3) is 0 Å². The lowest BCUT2D eigenvalue weighted by Crippen LogP contribution is -2.16. The number of allylic oxidation sites excluding steroid dienone is 1. The van der Waals surface area contributed by atoms with Crippen LogP contribution in [0.1, 0.15) is 13.8 Å². The lowest BCUT2D eigenvalue weighted by atomic mass is 10.4. The maximum atomic E-state index is 11.7. The monoisotopic (exact) mass is 393 g/mol. The average Bonchev–Trinajstić information content (AvgIpc) is 2.11. The van der Waals surface area contributed by atoms with Crippen LogP contribution in [0.3, 0.4) is 0 Å². The van der Waals surface area contributed by atoms with E-state index in [1.165, 1.54) is 13.0 Å². The van der Waals surface area contributed by atoms with Crippen LogP contribution in [0.2, 0.25) is 0 Å². The molecule has 0 aromatic carbocycles. The second kappa shape index (κ2) is 6.44. The predicted molar refractivity (Wildman–Crippen MR) is 71.8 cm³/mol. The van der Waals surface area contributed by atoms with Crippen LogP contribution >= 0.6 is 31.9 Å². The van der Waals surface area contributed by atoms with Gasteiger partial charge >= 0.3 is 0 Å². The van der Waals surface area contributed by atoms with Crippen molar-refractivity contribution in [3.8, 4) is 0 Å². The molecule has 0 saturated carbocycles. The minimum Gasteiger partial charge on any atom is -0.768 e. The first-order valence-corrected chi connectivity index (χ1v) is 8.58. The summed E-state index contributed by atoms with van der Waals surface area (Å²) in [5.74, 6) is 0. The van der Waals surface area contributed by atoms with Crippen molar-refractivity contribution < 1.29 is 17.2 Å². The van der Waals surface area contributed by atoms with E-state index in [0.29, 0.717) is 0 Å². The molecule has 0 aliphatic heterocycles. The fourth-order valence-corrected chi connectivity index (χ4v) is 3.70. The summed E-state index contributed by atoms with van der Waals surface area (Å²) in [6.07, 6.45) is 1.28. The van der Waals surface area contributed by atoms with E-state index in [9.17, 15) is 17.2 Å². The van der Waals surface area contributed by atoms with Gasteiger partial charge in [0.2, 0.25) is 0 Å². The van der Waals surface area contributed by atoms with Gasteiger partial charge in [-0.1, -0.05) is 44.5 Å². The first-order chi connectivity index (χ1) is 7.10. The molecule has 3 unspecified atom stereocenters. The summed E-state index contributed by atoms with van der Waals surface area (Å²) >= 11 is 3.37. The molecule has 0 bridgehead atoms. The summed E-state index contributed by atoms with van der Waals surface area (Å²) in [4.78, 5) is -0.981. The number of halogens is 2. The van der Waals surface area contributed by atoms with Gasteiger partial charge in [-0.2, -0.15) is 0 Å². The highest BCUT2D eigenvalue weighted by Crippen LogP contribution is 2.25. The van der Waals surface area contributed by atoms with Crippen molar-refractivity contribution in [2.45, 2.75) is 22.8 Å². The zero-order chi connectivity index (χ0) is 13.1. The molecule has 0 spiro atoms. The van der Waals surface area contributed by atoms with Gasteiger partial charge in [0.15, 0.2) is 9.84 Å². The summed E-state index contributed by atoms with van der Waals surface area (Å²) in [5.41, 5.74) is 0. The third-order valence-corrected chi connectivity index (χ3v) is 5.98. The van der Waals surface area contributed by atoms with Gasteiger partial charge in [-0.15, -0.1) is 0 Å². The first kappa shape index (κ1) is 16.5. The van der Waals surface area contributed by atoms with Gasteiger partial charge in [0.05, 0.1) is 4.91 Å². The molecule has 0 saturated heterocycles. The quantitative estimate of drug-likeness (QED) is 0.407. The summed E-state index contributed by atoms with van der Waals surface area (Å²) in [7, 11) is -3.73. The minimum atomic E-state index is -3.73. The number of alkyl halides is 2. The molecule has 94 valence electrons. The van der Waals surface area contributed by atoms with Gasteiger partial charge in [-0.05, 0) is 24.9 Å². The van der Waals surface area contributed by atoms with Crippen LogP contribution in [0.4, 0.5) is 0 Å². The minimum absolute atomic E-state index is 0.266. The van der Waals surface area contributed by atoms with Gasteiger partial charge in [-0.25, -0.2) is 8.42 Å². The van der Waals surface area contributed by atoms with E-state index in [2.05, 4.69) is 38.4 Å². The van der Waals surface area contributed by atoms with Crippen molar-refractivity contribution in [1.82, 2.24) is 0 Å². The van der Waals surface area contributed by atoms with Gasteiger partial charge in [0.1, 0.15) is 4.16 Å². The Bertz CT molecular complexity index is 423. The zero-order valence-electron chi connectivity index (χ0n) is 8.64. The maximum Gasteiger partial charge on any atom is 0.191 e. The Morgan fingerprint density at radius 3 is 2.12 bits per heavy atom. The summed E-state index contributed by atoms with van der Waals surface area (Å²) in [6.45, 7) is 6.39. The van der Waals surface area contributed by atoms with E-state index in [0.717, 1.165) is 0 Å². The van der Waals surface area contributed by atoms with E-state index in [-0.39, 0.29) is 9.73 Å². The normalized spacial score (nSPS) is 18.9. The van der Waals surface area contributed by atoms with Crippen LogP contribution < -0.4 is 0 Å². The molecule has 0 amide bonds. The van der Waals surface area contributed by atoms with Crippen molar-refractivity contribution in [3.63, 3.8) is 0 Å². The molecule has 4 nitrogen and oxygen atoms in total. The molecule has 0 aliphatic carbocycles. The van der Waals surface area contributed by atoms with Crippen molar-refractivity contribution in [3.05, 3.63) is 22.5 Å². The van der Waals surface area contributed by atoms with E-state index in [1.54, 1.807) is 6.92 Å². The second-order valence-corrected chi connectivity index (χ2v) is 9.58. The molecule has 0 aliphatic rings.